The van der Waals surface area contributed by atoms with Crippen LogP contribution in [0.25, 0.3) is 0 Å². The van der Waals surface area contributed by atoms with E-state index in [0.29, 0.717) is 12.2 Å². The van der Waals surface area contributed by atoms with Gasteiger partial charge in [-0.05, 0) is 49.8 Å². The Morgan fingerprint density at radius 3 is 2.06 bits per heavy atom. The molecular weight excluding hydrogens is 398 g/mol. The fourth-order valence-corrected chi connectivity index (χ4v) is 3.97. The molecule has 1 rings (SSSR count). The number of rotatable bonds is 20. The highest BCUT2D eigenvalue weighted by molar-refractivity contribution is 5.78. The van der Waals surface area contributed by atoms with Crippen molar-refractivity contribution in [2.75, 3.05) is 13.7 Å². The molecule has 4 nitrogen and oxygen atoms in total. The molecule has 0 aliphatic rings. The number of methoxy groups -OCH3 is 1. The van der Waals surface area contributed by atoms with Crippen molar-refractivity contribution in [3.05, 3.63) is 35.9 Å². The molecule has 0 fully saturated rings. The van der Waals surface area contributed by atoms with E-state index in [1.165, 1.54) is 96.2 Å². The summed E-state index contributed by atoms with van der Waals surface area (Å²) in [5.41, 5.74) is 2.28. The van der Waals surface area contributed by atoms with Gasteiger partial charge in [0.1, 0.15) is 0 Å². The van der Waals surface area contributed by atoms with E-state index >= 15 is 0 Å². The Morgan fingerprint density at radius 2 is 1.47 bits per heavy atom. The van der Waals surface area contributed by atoms with Gasteiger partial charge in [-0.1, -0.05) is 89.4 Å². The van der Waals surface area contributed by atoms with Crippen LogP contribution in [-0.2, 0) is 11.2 Å². The second kappa shape index (κ2) is 18.6. The third-order valence-corrected chi connectivity index (χ3v) is 6.02. The lowest BCUT2D eigenvalue weighted by molar-refractivity contribution is -0.120. The maximum Gasteiger partial charge on any atom is 0.224 e. The Bertz CT molecular complexity index is 642. The number of unbranched alkanes of at least 4 members (excludes halogenated alkanes) is 11. The largest absolute Gasteiger partial charge is 0.504 e. The molecule has 4 heteroatoms. The van der Waals surface area contributed by atoms with Crippen molar-refractivity contribution >= 4 is 5.91 Å². The predicted molar refractivity (Wildman–Crippen MR) is 135 cm³/mol. The van der Waals surface area contributed by atoms with Crippen LogP contribution < -0.4 is 10.1 Å². The van der Waals surface area contributed by atoms with Gasteiger partial charge in [0.2, 0.25) is 5.91 Å². The molecule has 2 N–H and O–H groups in total. The topological polar surface area (TPSA) is 58.6 Å². The average Bonchev–Trinajstić information content (AvgIpc) is 2.78. The van der Waals surface area contributed by atoms with E-state index in [0.717, 1.165) is 24.9 Å². The fourth-order valence-electron chi connectivity index (χ4n) is 3.97. The average molecular weight is 446 g/mol. The number of nitrogens with one attached hydrogen (secondary N) is 1. The maximum atomic E-state index is 12.1. The van der Waals surface area contributed by atoms with Gasteiger partial charge in [0, 0.05) is 6.54 Å². The zero-order valence-corrected chi connectivity index (χ0v) is 20.7. The molecule has 182 valence electrons. The van der Waals surface area contributed by atoms with Crippen LogP contribution in [0.15, 0.2) is 30.4 Å². The molecule has 32 heavy (non-hydrogen) atoms. The molecule has 1 aromatic carbocycles. The van der Waals surface area contributed by atoms with Crippen molar-refractivity contribution in [2.24, 2.45) is 0 Å². The van der Waals surface area contributed by atoms with Crippen LogP contribution in [0.3, 0.4) is 0 Å². The van der Waals surface area contributed by atoms with Crippen molar-refractivity contribution in [1.29, 1.82) is 0 Å². The van der Waals surface area contributed by atoms with E-state index in [4.69, 9.17) is 4.74 Å². The van der Waals surface area contributed by atoms with E-state index in [1.807, 2.05) is 0 Å². The molecule has 0 saturated carbocycles. The molecule has 0 spiro atoms. The highest BCUT2D eigenvalue weighted by Gasteiger charge is 2.07. The smallest absolute Gasteiger partial charge is 0.224 e. The molecule has 0 aromatic heterocycles. The first-order valence-corrected chi connectivity index (χ1v) is 12.9. The third-order valence-electron chi connectivity index (χ3n) is 6.02. The number of carbonyl (C=O) groups excluding carboxylic acids is 1. The van der Waals surface area contributed by atoms with Crippen molar-refractivity contribution in [3.63, 3.8) is 0 Å². The Hall–Kier alpha value is -1.97. The quantitative estimate of drug-likeness (QED) is 0.161. The van der Waals surface area contributed by atoms with Crippen molar-refractivity contribution < 1.29 is 14.6 Å². The van der Waals surface area contributed by atoms with Gasteiger partial charge in [-0.25, -0.2) is 0 Å². The number of aromatic hydroxyl groups is 1. The summed E-state index contributed by atoms with van der Waals surface area (Å²) in [6, 6.07) is 5.02. The summed E-state index contributed by atoms with van der Waals surface area (Å²) in [5, 5.41) is 12.6. The molecule has 0 aliphatic carbocycles. The maximum absolute atomic E-state index is 12.1. The summed E-state index contributed by atoms with van der Waals surface area (Å²) < 4.78 is 5.08. The van der Waals surface area contributed by atoms with Gasteiger partial charge in [0.25, 0.3) is 0 Å². The van der Waals surface area contributed by atoms with E-state index in [1.54, 1.807) is 18.2 Å². The lowest BCUT2D eigenvalue weighted by Gasteiger charge is -2.08. The first kappa shape index (κ1) is 28.1. The summed E-state index contributed by atoms with van der Waals surface area (Å²) in [6.07, 6.45) is 19.5. The van der Waals surface area contributed by atoms with Crippen molar-refractivity contribution in [3.8, 4) is 11.5 Å². The van der Waals surface area contributed by atoms with Gasteiger partial charge in [0.15, 0.2) is 11.5 Å². The predicted octanol–water partition coefficient (Wildman–Crippen LogP) is 7.49. The highest BCUT2D eigenvalue weighted by Crippen LogP contribution is 2.26. The van der Waals surface area contributed by atoms with Crippen LogP contribution >= 0.6 is 0 Å². The molecule has 1 amide bonds. The molecule has 0 radical (unpaired) electrons. The van der Waals surface area contributed by atoms with Crippen LogP contribution in [0.1, 0.15) is 109 Å². The minimum atomic E-state index is 0.0113. The van der Waals surface area contributed by atoms with Crippen LogP contribution in [0.2, 0.25) is 0 Å². The Morgan fingerprint density at radius 1 is 0.906 bits per heavy atom. The Balaban J connectivity index is 1.92. The minimum Gasteiger partial charge on any atom is -0.504 e. The first-order valence-electron chi connectivity index (χ1n) is 12.9. The number of ether oxygens (including phenoxy) is 1. The van der Waals surface area contributed by atoms with Gasteiger partial charge in [-0.3, -0.25) is 4.79 Å². The molecule has 0 aliphatic heterocycles. The van der Waals surface area contributed by atoms with Crippen molar-refractivity contribution in [1.82, 2.24) is 5.32 Å². The highest BCUT2D eigenvalue weighted by atomic mass is 16.5. The summed E-state index contributed by atoms with van der Waals surface area (Å²) in [5.74, 6) is 0.503. The number of amides is 1. The van der Waals surface area contributed by atoms with Gasteiger partial charge < -0.3 is 15.2 Å². The summed E-state index contributed by atoms with van der Waals surface area (Å²) in [7, 11) is 1.51. The van der Waals surface area contributed by atoms with Gasteiger partial charge in [-0.2, -0.15) is 0 Å². The van der Waals surface area contributed by atoms with Crippen LogP contribution in [0, 0.1) is 0 Å². The number of hydrogen-bond acceptors (Lipinski definition) is 3. The lowest BCUT2D eigenvalue weighted by Crippen LogP contribution is -2.26. The van der Waals surface area contributed by atoms with Crippen LogP contribution in [0.5, 0.6) is 11.5 Å². The number of phenols is 1. The van der Waals surface area contributed by atoms with Gasteiger partial charge in [0.05, 0.1) is 13.5 Å². The van der Waals surface area contributed by atoms with Crippen molar-refractivity contribution in [2.45, 2.75) is 110 Å². The number of hydrogen-bond donors (Lipinski definition) is 2. The van der Waals surface area contributed by atoms with E-state index < -0.39 is 0 Å². The summed E-state index contributed by atoms with van der Waals surface area (Å²) in [4.78, 5) is 12.1. The van der Waals surface area contributed by atoms with Crippen LogP contribution in [-0.4, -0.2) is 24.7 Å². The molecule has 0 unspecified atom stereocenters. The monoisotopic (exact) mass is 445 g/mol. The van der Waals surface area contributed by atoms with Gasteiger partial charge in [-0.15, -0.1) is 0 Å². The molecule has 0 atom stereocenters. The third kappa shape index (κ3) is 14.2. The molecule has 0 bridgehead atoms. The number of allylic oxidation sites excluding steroid dienone is 1. The van der Waals surface area contributed by atoms with E-state index in [9.17, 15) is 9.90 Å². The molecule has 0 heterocycles. The standard InChI is InChI=1S/C28H47NO3/c1-4-5-6-7-8-11-14-17-24(2)18-15-12-9-10-13-16-21-29-28(31)23-25-19-20-26(30)27(22-25)32-3/h19-20,22,30H,2,4-18,21,23H2,1,3H3,(H,29,31). The lowest BCUT2D eigenvalue weighted by atomic mass is 10.0. The summed E-state index contributed by atoms with van der Waals surface area (Å²) >= 11 is 0. The summed E-state index contributed by atoms with van der Waals surface area (Å²) in [6.45, 7) is 7.25. The van der Waals surface area contributed by atoms with E-state index in [2.05, 4.69) is 18.8 Å². The Kier molecular flexibility index (Phi) is 16.3. The number of carbonyl (C=O) groups is 1. The Labute approximate surface area is 196 Å². The second-order valence-corrected chi connectivity index (χ2v) is 9.03. The molecular formula is C28H47NO3. The normalized spacial score (nSPS) is 10.8. The SMILES string of the molecule is C=C(CCCCCCCCC)CCCCCCCCNC(=O)Cc1ccc(O)c(OC)c1. The molecule has 1 aromatic rings. The van der Waals surface area contributed by atoms with Gasteiger partial charge >= 0.3 is 0 Å². The zero-order valence-electron chi connectivity index (χ0n) is 20.7. The first-order chi connectivity index (χ1) is 15.6. The zero-order chi connectivity index (χ0) is 23.4. The fraction of sp³-hybridized carbons (Fsp3) is 0.679. The molecule has 0 saturated heterocycles. The second-order valence-electron chi connectivity index (χ2n) is 9.03. The number of benzene rings is 1. The number of phenolic OH excluding ortho intramolecular Hbond substituents is 1. The van der Waals surface area contributed by atoms with Crippen LogP contribution in [0.4, 0.5) is 0 Å². The minimum absolute atomic E-state index is 0.0113. The van der Waals surface area contributed by atoms with E-state index in [-0.39, 0.29) is 11.7 Å².